The van der Waals surface area contributed by atoms with E-state index in [1.54, 1.807) is 0 Å². The Morgan fingerprint density at radius 1 is 0.415 bits per heavy atom. The Bertz CT molecular complexity index is 776. The molecule has 0 saturated carbocycles. The molecular formula is C48H93NO4. The van der Waals surface area contributed by atoms with Crippen molar-refractivity contribution in [3.63, 3.8) is 0 Å². The molecule has 1 aliphatic rings. The molecule has 1 saturated heterocycles. The molecule has 1 atom stereocenters. The lowest BCUT2D eigenvalue weighted by Gasteiger charge is -2.23. The fourth-order valence-electron chi connectivity index (χ4n) is 8.54. The number of rotatable bonds is 40. The number of carbonyl (C=O) groups is 2. The Balaban J connectivity index is 2.16. The van der Waals surface area contributed by atoms with E-state index in [0.717, 1.165) is 56.3 Å². The number of hydrogen-bond acceptors (Lipinski definition) is 5. The fraction of sp³-hybridized carbons (Fsp3) is 0.958. The summed E-state index contributed by atoms with van der Waals surface area (Å²) in [4.78, 5) is 27.5. The summed E-state index contributed by atoms with van der Waals surface area (Å²) in [6.07, 6.45) is 41.5. The second-order valence-electron chi connectivity index (χ2n) is 17.2. The molecule has 0 bridgehead atoms. The Hall–Kier alpha value is -1.10. The van der Waals surface area contributed by atoms with Crippen molar-refractivity contribution < 1.29 is 19.1 Å². The van der Waals surface area contributed by atoms with Gasteiger partial charge in [0.15, 0.2) is 0 Å². The first-order chi connectivity index (χ1) is 26.0. The Kier molecular flexibility index (Phi) is 35.6. The summed E-state index contributed by atoms with van der Waals surface area (Å²) in [5.74, 6) is 2.31. The van der Waals surface area contributed by atoms with Crippen LogP contribution >= 0.6 is 0 Å². The van der Waals surface area contributed by atoms with Gasteiger partial charge >= 0.3 is 11.9 Å². The third-order valence-corrected chi connectivity index (χ3v) is 12.1. The van der Waals surface area contributed by atoms with Crippen molar-refractivity contribution in [2.45, 2.75) is 246 Å². The zero-order valence-corrected chi connectivity index (χ0v) is 36.4. The largest absolute Gasteiger partial charge is 0.466 e. The average Bonchev–Trinajstić information content (AvgIpc) is 3.67. The van der Waals surface area contributed by atoms with Gasteiger partial charge in [-0.15, -0.1) is 0 Å². The minimum Gasteiger partial charge on any atom is -0.466 e. The molecular weight excluding hydrogens is 655 g/mol. The maximum absolute atomic E-state index is 12.4. The second kappa shape index (κ2) is 37.8. The van der Waals surface area contributed by atoms with E-state index in [1.165, 1.54) is 187 Å². The molecule has 1 fully saturated rings. The molecule has 1 aliphatic heterocycles. The van der Waals surface area contributed by atoms with Crippen molar-refractivity contribution in [1.82, 2.24) is 4.90 Å². The minimum absolute atomic E-state index is 0.0187. The lowest BCUT2D eigenvalue weighted by atomic mass is 9.92. The zero-order chi connectivity index (χ0) is 38.5. The van der Waals surface area contributed by atoms with Crippen LogP contribution in [-0.4, -0.2) is 49.7 Å². The van der Waals surface area contributed by atoms with Gasteiger partial charge in [0.2, 0.25) is 0 Å². The number of nitrogens with zero attached hydrogens (tertiary/aromatic N) is 1. The van der Waals surface area contributed by atoms with Gasteiger partial charge in [-0.1, -0.05) is 182 Å². The lowest BCUT2D eigenvalue weighted by Crippen LogP contribution is -2.26. The first kappa shape index (κ1) is 49.9. The van der Waals surface area contributed by atoms with Crippen molar-refractivity contribution in [1.29, 1.82) is 0 Å². The van der Waals surface area contributed by atoms with Gasteiger partial charge in [0.1, 0.15) is 0 Å². The van der Waals surface area contributed by atoms with Gasteiger partial charge in [0.25, 0.3) is 0 Å². The molecule has 0 aromatic rings. The van der Waals surface area contributed by atoms with Gasteiger partial charge in [0, 0.05) is 19.4 Å². The molecule has 5 heteroatoms. The zero-order valence-electron chi connectivity index (χ0n) is 36.4. The standard InChI is InChI=1S/C48H93NO4/c1-5-9-19-29-44(30-20-10-6-2)37-41-52-47(50)35-25-16-14-13-15-23-33-46(43-49-39-27-28-40-49)34-24-17-18-26-36-48(51)53-42-38-45(31-21-11-7-3)32-22-12-8-4/h44-46H,5-43H2,1-4H3. The van der Waals surface area contributed by atoms with Gasteiger partial charge in [-0.05, 0) is 82.2 Å². The van der Waals surface area contributed by atoms with Crippen molar-refractivity contribution in [2.24, 2.45) is 17.8 Å². The summed E-state index contributed by atoms with van der Waals surface area (Å²) >= 11 is 0. The van der Waals surface area contributed by atoms with E-state index in [9.17, 15) is 9.59 Å². The molecule has 314 valence electrons. The van der Waals surface area contributed by atoms with E-state index >= 15 is 0 Å². The van der Waals surface area contributed by atoms with Gasteiger partial charge in [-0.25, -0.2) is 0 Å². The first-order valence-corrected chi connectivity index (χ1v) is 24.1. The number of unbranched alkanes of at least 4 members (excludes halogenated alkanes) is 16. The quantitative estimate of drug-likeness (QED) is 0.0461. The van der Waals surface area contributed by atoms with Crippen molar-refractivity contribution in [3.8, 4) is 0 Å². The Labute approximate surface area is 331 Å². The van der Waals surface area contributed by atoms with Crippen LogP contribution < -0.4 is 0 Å². The molecule has 0 aromatic carbocycles. The van der Waals surface area contributed by atoms with Crippen LogP contribution in [0.3, 0.4) is 0 Å². The summed E-state index contributed by atoms with van der Waals surface area (Å²) in [6, 6.07) is 0. The monoisotopic (exact) mass is 748 g/mol. The highest BCUT2D eigenvalue weighted by molar-refractivity contribution is 5.69. The fourth-order valence-corrected chi connectivity index (χ4v) is 8.54. The molecule has 0 radical (unpaired) electrons. The van der Waals surface area contributed by atoms with E-state index in [4.69, 9.17) is 9.47 Å². The number of likely N-dealkylation sites (tertiary alicyclic amines) is 1. The molecule has 5 nitrogen and oxygen atoms in total. The first-order valence-electron chi connectivity index (χ1n) is 24.1. The minimum atomic E-state index is 0.0187. The Morgan fingerprint density at radius 3 is 1.11 bits per heavy atom. The van der Waals surface area contributed by atoms with Crippen LogP contribution in [0, 0.1) is 17.8 Å². The number of carbonyl (C=O) groups excluding carboxylic acids is 2. The summed E-state index contributed by atoms with van der Waals surface area (Å²) in [6.45, 7) is 14.2. The molecule has 53 heavy (non-hydrogen) atoms. The molecule has 0 aliphatic carbocycles. The van der Waals surface area contributed by atoms with Gasteiger partial charge in [-0.3, -0.25) is 9.59 Å². The van der Waals surface area contributed by atoms with Crippen molar-refractivity contribution in [2.75, 3.05) is 32.8 Å². The summed E-state index contributed by atoms with van der Waals surface area (Å²) in [5, 5.41) is 0. The highest BCUT2D eigenvalue weighted by Gasteiger charge is 2.18. The van der Waals surface area contributed by atoms with Gasteiger partial charge in [0.05, 0.1) is 13.2 Å². The molecule has 0 spiro atoms. The van der Waals surface area contributed by atoms with Gasteiger partial charge < -0.3 is 14.4 Å². The van der Waals surface area contributed by atoms with Crippen LogP contribution in [0.5, 0.6) is 0 Å². The highest BCUT2D eigenvalue weighted by atomic mass is 16.5. The third-order valence-electron chi connectivity index (χ3n) is 12.1. The van der Waals surface area contributed by atoms with Crippen LogP contribution in [-0.2, 0) is 19.1 Å². The van der Waals surface area contributed by atoms with E-state index < -0.39 is 0 Å². The van der Waals surface area contributed by atoms with Crippen LogP contribution in [0.15, 0.2) is 0 Å². The molecule has 1 rings (SSSR count). The predicted molar refractivity (Wildman–Crippen MR) is 229 cm³/mol. The average molecular weight is 748 g/mol. The molecule has 1 unspecified atom stereocenters. The van der Waals surface area contributed by atoms with E-state index in [1.807, 2.05) is 0 Å². The highest BCUT2D eigenvalue weighted by Crippen LogP contribution is 2.24. The Morgan fingerprint density at radius 2 is 0.736 bits per heavy atom. The SMILES string of the molecule is CCCCCC(CCCCC)CCOC(=O)CCCCCCCCC(CCCCCCC(=O)OCCC(CCCCC)CCCCC)CN1CCCC1. The topological polar surface area (TPSA) is 55.8 Å². The van der Waals surface area contributed by atoms with E-state index in [0.29, 0.717) is 26.1 Å². The predicted octanol–water partition coefficient (Wildman–Crippen LogP) is 14.6. The maximum Gasteiger partial charge on any atom is 0.305 e. The van der Waals surface area contributed by atoms with Crippen LogP contribution in [0.25, 0.3) is 0 Å². The van der Waals surface area contributed by atoms with E-state index in [2.05, 4.69) is 32.6 Å². The summed E-state index contributed by atoms with van der Waals surface area (Å²) in [5.41, 5.74) is 0. The van der Waals surface area contributed by atoms with E-state index in [-0.39, 0.29) is 11.9 Å². The van der Waals surface area contributed by atoms with Crippen LogP contribution in [0.2, 0.25) is 0 Å². The number of hydrogen-bond donors (Lipinski definition) is 0. The lowest BCUT2D eigenvalue weighted by molar-refractivity contribution is -0.145. The second-order valence-corrected chi connectivity index (χ2v) is 17.2. The summed E-state index contributed by atoms with van der Waals surface area (Å²) < 4.78 is 11.3. The number of esters is 2. The smallest absolute Gasteiger partial charge is 0.305 e. The summed E-state index contributed by atoms with van der Waals surface area (Å²) in [7, 11) is 0. The van der Waals surface area contributed by atoms with Crippen LogP contribution in [0.4, 0.5) is 0 Å². The van der Waals surface area contributed by atoms with Crippen LogP contribution in [0.1, 0.15) is 246 Å². The number of ether oxygens (including phenoxy) is 2. The molecule has 0 amide bonds. The van der Waals surface area contributed by atoms with Crippen molar-refractivity contribution >= 4 is 11.9 Å². The maximum atomic E-state index is 12.4. The van der Waals surface area contributed by atoms with Gasteiger partial charge in [-0.2, -0.15) is 0 Å². The van der Waals surface area contributed by atoms with Crippen molar-refractivity contribution in [3.05, 3.63) is 0 Å². The molecule has 0 N–H and O–H groups in total. The molecule has 0 aromatic heterocycles. The normalized spacial score (nSPS) is 14.1. The third kappa shape index (κ3) is 31.8. The molecule has 1 heterocycles.